The number of thiophene rings is 1. The fourth-order valence-corrected chi connectivity index (χ4v) is 2.66. The number of carbonyl (C=O) groups is 1. The van der Waals surface area contributed by atoms with Gasteiger partial charge in [0.1, 0.15) is 18.2 Å². The Hall–Kier alpha value is -2.66. The molecule has 110 valence electrons. The summed E-state index contributed by atoms with van der Waals surface area (Å²) in [6.07, 6.45) is 1.64. The molecular formula is C17H14N2O2S. The fraction of sp³-hybridized carbons (Fsp3) is 0.0588. The quantitative estimate of drug-likeness (QED) is 0.775. The molecule has 4 nitrogen and oxygen atoms in total. The van der Waals surface area contributed by atoms with Gasteiger partial charge in [-0.05, 0) is 35.7 Å². The Balaban J connectivity index is 1.60. The first kappa shape index (κ1) is 14.3. The summed E-state index contributed by atoms with van der Waals surface area (Å²) in [6, 6.07) is 16.8. The van der Waals surface area contributed by atoms with Crippen molar-refractivity contribution in [2.75, 3.05) is 5.32 Å². The highest BCUT2D eigenvalue weighted by atomic mass is 32.1. The molecule has 1 N–H and O–H groups in total. The average molecular weight is 310 g/mol. The fourth-order valence-electron chi connectivity index (χ4n) is 1.87. The number of benzene rings is 1. The molecule has 2 aromatic heterocycles. The van der Waals surface area contributed by atoms with E-state index in [1.165, 1.54) is 11.3 Å². The second kappa shape index (κ2) is 6.87. The van der Waals surface area contributed by atoms with Gasteiger partial charge in [0.2, 0.25) is 0 Å². The van der Waals surface area contributed by atoms with Crippen LogP contribution in [0, 0.1) is 0 Å². The van der Waals surface area contributed by atoms with E-state index in [9.17, 15) is 4.79 Å². The summed E-state index contributed by atoms with van der Waals surface area (Å²) in [4.78, 5) is 16.8. The number of ether oxygens (including phenoxy) is 1. The van der Waals surface area contributed by atoms with E-state index in [1.807, 2.05) is 47.8 Å². The number of nitrogens with zero attached hydrogens (tertiary/aromatic N) is 1. The van der Waals surface area contributed by atoms with E-state index in [-0.39, 0.29) is 5.91 Å². The molecule has 1 aromatic carbocycles. The lowest BCUT2D eigenvalue weighted by atomic mass is 10.3. The lowest BCUT2D eigenvalue weighted by Crippen LogP contribution is -2.11. The van der Waals surface area contributed by atoms with Gasteiger partial charge in [-0.25, -0.2) is 4.98 Å². The molecule has 2 heterocycles. The van der Waals surface area contributed by atoms with Crippen LogP contribution in [0.25, 0.3) is 0 Å². The van der Waals surface area contributed by atoms with E-state index >= 15 is 0 Å². The van der Waals surface area contributed by atoms with Crippen molar-refractivity contribution in [2.24, 2.45) is 0 Å². The summed E-state index contributed by atoms with van der Waals surface area (Å²) in [5.41, 5.74) is 0.972. The molecule has 0 fully saturated rings. The topological polar surface area (TPSA) is 51.2 Å². The third kappa shape index (κ3) is 3.71. The third-order valence-electron chi connectivity index (χ3n) is 2.93. The largest absolute Gasteiger partial charge is 0.489 e. The Kier molecular flexibility index (Phi) is 4.46. The summed E-state index contributed by atoms with van der Waals surface area (Å²) in [7, 11) is 0. The van der Waals surface area contributed by atoms with Gasteiger partial charge in [-0.2, -0.15) is 0 Å². The zero-order valence-corrected chi connectivity index (χ0v) is 12.5. The molecular weight excluding hydrogens is 296 g/mol. The number of para-hydroxylation sites is 1. The monoisotopic (exact) mass is 310 g/mol. The van der Waals surface area contributed by atoms with Gasteiger partial charge in [0.05, 0.1) is 4.88 Å². The zero-order valence-electron chi connectivity index (χ0n) is 11.7. The lowest BCUT2D eigenvalue weighted by molar-refractivity contribution is 0.103. The summed E-state index contributed by atoms with van der Waals surface area (Å²) >= 11 is 1.39. The predicted octanol–water partition coefficient (Wildman–Crippen LogP) is 3.97. The summed E-state index contributed by atoms with van der Waals surface area (Å²) in [5.74, 6) is 1.20. The van der Waals surface area contributed by atoms with Gasteiger partial charge in [0.25, 0.3) is 5.91 Å². The second-order valence-electron chi connectivity index (χ2n) is 4.59. The van der Waals surface area contributed by atoms with Crippen molar-refractivity contribution in [3.8, 4) is 5.75 Å². The van der Waals surface area contributed by atoms with Crippen molar-refractivity contribution in [1.29, 1.82) is 0 Å². The Morgan fingerprint density at radius 3 is 2.73 bits per heavy atom. The van der Waals surface area contributed by atoms with E-state index in [0.29, 0.717) is 17.3 Å². The summed E-state index contributed by atoms with van der Waals surface area (Å²) in [6.45, 7) is 0.442. The van der Waals surface area contributed by atoms with Gasteiger partial charge in [-0.1, -0.05) is 24.3 Å². The molecule has 1 amide bonds. The maximum Gasteiger partial charge on any atom is 0.266 e. The number of carbonyl (C=O) groups excluding carboxylic acids is 1. The number of amides is 1. The standard InChI is InChI=1S/C17H14N2O2S/c20-17(19-16-8-4-5-9-18-16)15-10-13(12-22-15)11-21-14-6-2-1-3-7-14/h1-10,12H,11H2,(H,18,19,20). The molecule has 5 heteroatoms. The smallest absolute Gasteiger partial charge is 0.266 e. The normalized spacial score (nSPS) is 10.2. The molecule has 0 spiro atoms. The molecule has 0 atom stereocenters. The van der Waals surface area contributed by atoms with Crippen LogP contribution in [0.5, 0.6) is 5.75 Å². The van der Waals surface area contributed by atoms with Crippen LogP contribution in [0.15, 0.2) is 66.2 Å². The van der Waals surface area contributed by atoms with E-state index < -0.39 is 0 Å². The Morgan fingerprint density at radius 1 is 1.14 bits per heavy atom. The molecule has 0 aliphatic heterocycles. The summed E-state index contributed by atoms with van der Waals surface area (Å²) in [5, 5.41) is 4.69. The molecule has 0 saturated carbocycles. The maximum absolute atomic E-state index is 12.1. The number of hydrogen-bond acceptors (Lipinski definition) is 4. The van der Waals surface area contributed by atoms with E-state index in [4.69, 9.17) is 4.74 Å². The van der Waals surface area contributed by atoms with Gasteiger partial charge in [0.15, 0.2) is 0 Å². The van der Waals surface area contributed by atoms with Gasteiger partial charge >= 0.3 is 0 Å². The van der Waals surface area contributed by atoms with Crippen LogP contribution in [-0.4, -0.2) is 10.9 Å². The van der Waals surface area contributed by atoms with Crippen molar-refractivity contribution >= 4 is 23.1 Å². The first-order chi connectivity index (χ1) is 10.8. The maximum atomic E-state index is 12.1. The van der Waals surface area contributed by atoms with Gasteiger partial charge in [-0.15, -0.1) is 11.3 Å². The molecule has 0 radical (unpaired) electrons. The molecule has 0 saturated heterocycles. The summed E-state index contributed by atoms with van der Waals surface area (Å²) < 4.78 is 5.67. The minimum atomic E-state index is -0.158. The number of anilines is 1. The molecule has 0 aliphatic rings. The van der Waals surface area contributed by atoms with Crippen molar-refractivity contribution in [3.63, 3.8) is 0 Å². The van der Waals surface area contributed by atoms with Crippen LogP contribution < -0.4 is 10.1 Å². The molecule has 3 rings (SSSR count). The molecule has 0 aliphatic carbocycles. The minimum Gasteiger partial charge on any atom is -0.489 e. The SMILES string of the molecule is O=C(Nc1ccccn1)c1cc(COc2ccccc2)cs1. The van der Waals surface area contributed by atoms with Crippen molar-refractivity contribution in [2.45, 2.75) is 6.61 Å². The second-order valence-corrected chi connectivity index (χ2v) is 5.50. The van der Waals surface area contributed by atoms with Crippen LogP contribution in [0.4, 0.5) is 5.82 Å². The average Bonchev–Trinajstić information content (AvgIpc) is 3.04. The van der Waals surface area contributed by atoms with Crippen molar-refractivity contribution < 1.29 is 9.53 Å². The Bertz CT molecular complexity index is 742. The Morgan fingerprint density at radius 2 is 1.95 bits per heavy atom. The van der Waals surface area contributed by atoms with Gasteiger partial charge in [0, 0.05) is 11.8 Å². The highest BCUT2D eigenvalue weighted by Gasteiger charge is 2.10. The number of hydrogen-bond donors (Lipinski definition) is 1. The van der Waals surface area contributed by atoms with E-state index in [0.717, 1.165) is 11.3 Å². The van der Waals surface area contributed by atoms with E-state index in [2.05, 4.69) is 10.3 Å². The molecule has 3 aromatic rings. The number of aromatic nitrogens is 1. The van der Waals surface area contributed by atoms with Crippen molar-refractivity contribution in [1.82, 2.24) is 4.98 Å². The van der Waals surface area contributed by atoms with Crippen LogP contribution in [-0.2, 0) is 6.61 Å². The molecule has 0 bridgehead atoms. The van der Waals surface area contributed by atoms with Gasteiger partial charge < -0.3 is 10.1 Å². The third-order valence-corrected chi connectivity index (χ3v) is 3.91. The predicted molar refractivity (Wildman–Crippen MR) is 87.3 cm³/mol. The zero-order chi connectivity index (χ0) is 15.2. The lowest BCUT2D eigenvalue weighted by Gasteiger charge is -2.03. The first-order valence-electron chi connectivity index (χ1n) is 6.79. The minimum absolute atomic E-state index is 0.158. The molecule has 22 heavy (non-hydrogen) atoms. The van der Waals surface area contributed by atoms with Crippen molar-refractivity contribution in [3.05, 3.63) is 76.6 Å². The van der Waals surface area contributed by atoms with Gasteiger partial charge in [-0.3, -0.25) is 4.79 Å². The first-order valence-corrected chi connectivity index (χ1v) is 7.67. The van der Waals surface area contributed by atoms with Crippen LogP contribution >= 0.6 is 11.3 Å². The molecule has 0 unspecified atom stereocenters. The van der Waals surface area contributed by atoms with Crippen LogP contribution in [0.1, 0.15) is 15.2 Å². The van der Waals surface area contributed by atoms with Crippen LogP contribution in [0.2, 0.25) is 0 Å². The van der Waals surface area contributed by atoms with Crippen LogP contribution in [0.3, 0.4) is 0 Å². The number of rotatable bonds is 5. The Labute approximate surface area is 132 Å². The highest BCUT2D eigenvalue weighted by molar-refractivity contribution is 7.12. The number of nitrogens with one attached hydrogen (secondary N) is 1. The number of pyridine rings is 1. The highest BCUT2D eigenvalue weighted by Crippen LogP contribution is 2.18. The van der Waals surface area contributed by atoms with E-state index in [1.54, 1.807) is 18.3 Å².